The van der Waals surface area contributed by atoms with Crippen LogP contribution in [0.4, 0.5) is 8.78 Å². The second kappa shape index (κ2) is 5.26. The molecule has 0 atom stereocenters. The number of hydrogen-bond acceptors (Lipinski definition) is 2. The Balaban J connectivity index is 2.66. The second-order valence-electron chi connectivity index (χ2n) is 3.55. The van der Waals surface area contributed by atoms with E-state index in [4.69, 9.17) is 16.7 Å². The predicted molar refractivity (Wildman–Crippen MR) is 68.2 cm³/mol. The molecule has 0 saturated carbocycles. The fourth-order valence-electron chi connectivity index (χ4n) is 1.54. The molecule has 100 valence electrons. The predicted octanol–water partition coefficient (Wildman–Crippen LogP) is 3.92. The first-order chi connectivity index (χ1) is 8.91. The summed E-state index contributed by atoms with van der Waals surface area (Å²) in [4.78, 5) is 11.0. The van der Waals surface area contributed by atoms with Gasteiger partial charge in [-0.25, -0.2) is 18.3 Å². The summed E-state index contributed by atoms with van der Waals surface area (Å²) in [6.45, 7) is 0. The number of benzene rings is 1. The van der Waals surface area contributed by atoms with E-state index in [1.54, 1.807) is 24.3 Å². The van der Waals surface area contributed by atoms with Gasteiger partial charge in [0.05, 0.1) is 5.69 Å². The zero-order valence-electron chi connectivity index (χ0n) is 9.15. The van der Waals surface area contributed by atoms with E-state index in [2.05, 4.69) is 21.0 Å². The molecule has 0 bridgehead atoms. The second-order valence-corrected chi connectivity index (χ2v) is 4.82. The molecule has 0 saturated heterocycles. The first-order valence-corrected chi connectivity index (χ1v) is 6.14. The molecule has 0 amide bonds. The van der Waals surface area contributed by atoms with Crippen LogP contribution in [0.15, 0.2) is 28.7 Å². The highest BCUT2D eigenvalue weighted by atomic mass is 79.9. The van der Waals surface area contributed by atoms with E-state index in [9.17, 15) is 13.6 Å². The van der Waals surface area contributed by atoms with E-state index in [0.29, 0.717) is 10.2 Å². The highest BCUT2D eigenvalue weighted by molar-refractivity contribution is 9.10. The molecule has 0 fully saturated rings. The van der Waals surface area contributed by atoms with Crippen LogP contribution in [0.25, 0.3) is 5.69 Å². The average molecular weight is 352 g/mol. The fraction of sp³-hybridized carbons (Fsp3) is 0.0909. The maximum atomic E-state index is 12.8. The van der Waals surface area contributed by atoms with Crippen LogP contribution in [-0.2, 0) is 0 Å². The third kappa shape index (κ3) is 2.62. The van der Waals surface area contributed by atoms with E-state index in [-0.39, 0.29) is 5.15 Å². The summed E-state index contributed by atoms with van der Waals surface area (Å²) in [5.74, 6) is -1.54. The molecule has 0 aliphatic heterocycles. The van der Waals surface area contributed by atoms with E-state index >= 15 is 0 Å². The largest absolute Gasteiger partial charge is 0.478 e. The minimum Gasteiger partial charge on any atom is -0.478 e. The van der Waals surface area contributed by atoms with Gasteiger partial charge in [-0.1, -0.05) is 33.6 Å². The van der Waals surface area contributed by atoms with Gasteiger partial charge in [0.1, 0.15) is 16.4 Å². The molecule has 1 aromatic carbocycles. The monoisotopic (exact) mass is 350 g/mol. The maximum Gasteiger partial charge on any atom is 0.341 e. The average Bonchev–Trinajstić information content (AvgIpc) is 2.67. The number of rotatable bonds is 3. The lowest BCUT2D eigenvalue weighted by molar-refractivity contribution is 0.0684. The molecule has 0 unspecified atom stereocenters. The third-order valence-electron chi connectivity index (χ3n) is 2.33. The zero-order valence-corrected chi connectivity index (χ0v) is 11.5. The van der Waals surface area contributed by atoms with Crippen molar-refractivity contribution >= 4 is 33.5 Å². The SMILES string of the molecule is O=C(O)c1c(C(F)F)nn(-c2cccc(Br)c2)c1Cl. The molecule has 0 aliphatic carbocycles. The first-order valence-electron chi connectivity index (χ1n) is 4.97. The molecule has 1 N–H and O–H groups in total. The topological polar surface area (TPSA) is 55.1 Å². The lowest BCUT2D eigenvalue weighted by atomic mass is 10.2. The van der Waals surface area contributed by atoms with Crippen LogP contribution in [0.1, 0.15) is 22.5 Å². The van der Waals surface area contributed by atoms with Gasteiger partial charge in [0.2, 0.25) is 0 Å². The van der Waals surface area contributed by atoms with Crippen molar-refractivity contribution in [2.75, 3.05) is 0 Å². The molecule has 2 aromatic rings. The van der Waals surface area contributed by atoms with Crippen molar-refractivity contribution in [1.82, 2.24) is 9.78 Å². The molecular formula is C11H6BrClF2N2O2. The Morgan fingerprint density at radius 1 is 1.47 bits per heavy atom. The number of aromatic nitrogens is 2. The van der Waals surface area contributed by atoms with Gasteiger partial charge in [-0.3, -0.25) is 0 Å². The Hall–Kier alpha value is -1.47. The van der Waals surface area contributed by atoms with Gasteiger partial charge in [0, 0.05) is 4.47 Å². The summed E-state index contributed by atoms with van der Waals surface area (Å²) >= 11 is 9.04. The molecule has 8 heteroatoms. The molecule has 2 rings (SSSR count). The van der Waals surface area contributed by atoms with Gasteiger partial charge in [0.15, 0.2) is 0 Å². The smallest absolute Gasteiger partial charge is 0.341 e. The van der Waals surface area contributed by atoms with Gasteiger partial charge in [-0.2, -0.15) is 5.10 Å². The van der Waals surface area contributed by atoms with E-state index in [0.717, 1.165) is 4.68 Å². The highest BCUT2D eigenvalue weighted by Crippen LogP contribution is 2.30. The van der Waals surface area contributed by atoms with Crippen molar-refractivity contribution in [1.29, 1.82) is 0 Å². The van der Waals surface area contributed by atoms with Crippen LogP contribution in [0.2, 0.25) is 5.15 Å². The number of hydrogen-bond donors (Lipinski definition) is 1. The van der Waals surface area contributed by atoms with Crippen LogP contribution in [0.5, 0.6) is 0 Å². The number of alkyl halides is 2. The molecule has 0 spiro atoms. The fourth-order valence-corrected chi connectivity index (χ4v) is 2.24. The number of carboxylic acids is 1. The van der Waals surface area contributed by atoms with Crippen molar-refractivity contribution in [2.45, 2.75) is 6.43 Å². The van der Waals surface area contributed by atoms with Crippen molar-refractivity contribution < 1.29 is 18.7 Å². The molecule has 1 aromatic heterocycles. The van der Waals surface area contributed by atoms with E-state index < -0.39 is 23.7 Å². The van der Waals surface area contributed by atoms with Gasteiger partial charge in [-0.05, 0) is 18.2 Å². The molecule has 19 heavy (non-hydrogen) atoms. The highest BCUT2D eigenvalue weighted by Gasteiger charge is 2.28. The van der Waals surface area contributed by atoms with Gasteiger partial charge in [-0.15, -0.1) is 0 Å². The minimum atomic E-state index is -3.02. The number of carbonyl (C=O) groups is 1. The van der Waals surface area contributed by atoms with Crippen molar-refractivity contribution in [3.8, 4) is 5.69 Å². The van der Waals surface area contributed by atoms with E-state index in [1.807, 2.05) is 0 Å². The van der Waals surface area contributed by atoms with Gasteiger partial charge < -0.3 is 5.11 Å². The molecule has 1 heterocycles. The number of halogens is 4. The minimum absolute atomic E-state index is 0.360. The summed E-state index contributed by atoms with van der Waals surface area (Å²) in [7, 11) is 0. The number of carboxylic acid groups (broad SMARTS) is 1. The van der Waals surface area contributed by atoms with E-state index in [1.165, 1.54) is 0 Å². The van der Waals surface area contributed by atoms with Crippen LogP contribution >= 0.6 is 27.5 Å². The van der Waals surface area contributed by atoms with Crippen LogP contribution in [0.3, 0.4) is 0 Å². The van der Waals surface area contributed by atoms with Gasteiger partial charge >= 0.3 is 5.97 Å². The van der Waals surface area contributed by atoms with Crippen LogP contribution in [-0.4, -0.2) is 20.9 Å². The Bertz CT molecular complexity index is 646. The molecule has 0 radical (unpaired) electrons. The molecule has 4 nitrogen and oxygen atoms in total. The van der Waals surface area contributed by atoms with Crippen molar-refractivity contribution in [3.05, 3.63) is 45.1 Å². The Kier molecular flexibility index (Phi) is 3.86. The summed E-state index contributed by atoms with van der Waals surface area (Å²) in [5.41, 5.74) is -1.15. The third-order valence-corrected chi connectivity index (χ3v) is 3.17. The summed E-state index contributed by atoms with van der Waals surface area (Å²) < 4.78 is 27.2. The Morgan fingerprint density at radius 3 is 2.63 bits per heavy atom. The number of nitrogens with zero attached hydrogens (tertiary/aromatic N) is 2. The van der Waals surface area contributed by atoms with Gasteiger partial charge in [0.25, 0.3) is 6.43 Å². The van der Waals surface area contributed by atoms with Crippen LogP contribution < -0.4 is 0 Å². The van der Waals surface area contributed by atoms with Crippen molar-refractivity contribution in [2.24, 2.45) is 0 Å². The lowest BCUT2D eigenvalue weighted by Gasteiger charge is -2.03. The Morgan fingerprint density at radius 2 is 2.16 bits per heavy atom. The first kappa shape index (κ1) is 14.0. The summed E-state index contributed by atoms with van der Waals surface area (Å²) in [6, 6.07) is 6.54. The normalized spacial score (nSPS) is 11.0. The molecule has 0 aliphatic rings. The number of aromatic carboxylic acids is 1. The Labute approximate surface area is 119 Å². The maximum absolute atomic E-state index is 12.8. The zero-order chi connectivity index (χ0) is 14.2. The quantitative estimate of drug-likeness (QED) is 0.912. The summed E-state index contributed by atoms with van der Waals surface area (Å²) in [5, 5.41) is 12.1. The van der Waals surface area contributed by atoms with Crippen molar-refractivity contribution in [3.63, 3.8) is 0 Å². The summed E-state index contributed by atoms with van der Waals surface area (Å²) in [6.07, 6.45) is -3.02. The van der Waals surface area contributed by atoms with Crippen LogP contribution in [0, 0.1) is 0 Å². The standard InChI is InChI=1S/C11H6BrClF2N2O2/c12-5-2-1-3-6(4-5)17-9(13)7(11(18)19)8(16-17)10(14)15/h1-4,10H,(H,18,19). The lowest BCUT2D eigenvalue weighted by Crippen LogP contribution is -2.00. The molecular weight excluding hydrogens is 345 g/mol.